The predicted molar refractivity (Wildman–Crippen MR) is 70.7 cm³/mol. The van der Waals surface area contributed by atoms with Crippen molar-refractivity contribution < 1.29 is 13.2 Å². The van der Waals surface area contributed by atoms with Gasteiger partial charge >= 0.3 is 0 Å². The minimum Gasteiger partial charge on any atom is -0.381 e. The van der Waals surface area contributed by atoms with Crippen LogP contribution >= 0.6 is 0 Å². The molecule has 0 bridgehead atoms. The number of hydrogen-bond donors (Lipinski definition) is 2. The molecule has 17 heavy (non-hydrogen) atoms. The minimum atomic E-state index is -3.12. The third-order valence-corrected chi connectivity index (χ3v) is 3.50. The van der Waals surface area contributed by atoms with Crippen molar-refractivity contribution in [3.63, 3.8) is 0 Å². The zero-order valence-electron chi connectivity index (χ0n) is 11.0. The van der Waals surface area contributed by atoms with Crippen molar-refractivity contribution in [2.45, 2.75) is 33.1 Å². The molecule has 0 aliphatic heterocycles. The summed E-state index contributed by atoms with van der Waals surface area (Å²) in [6.45, 7) is 7.29. The molecule has 6 heteroatoms. The van der Waals surface area contributed by atoms with Gasteiger partial charge in [0.1, 0.15) is 0 Å². The highest BCUT2D eigenvalue weighted by molar-refractivity contribution is 7.89. The van der Waals surface area contributed by atoms with Crippen LogP contribution in [0.4, 0.5) is 0 Å². The van der Waals surface area contributed by atoms with Gasteiger partial charge in [-0.25, -0.2) is 13.1 Å². The van der Waals surface area contributed by atoms with Gasteiger partial charge in [-0.1, -0.05) is 13.8 Å². The summed E-state index contributed by atoms with van der Waals surface area (Å²) in [6.07, 6.45) is 2.73. The molecule has 0 aliphatic rings. The average Bonchev–Trinajstić information content (AvgIpc) is 2.29. The van der Waals surface area contributed by atoms with E-state index < -0.39 is 10.0 Å². The van der Waals surface area contributed by atoms with Crippen LogP contribution in [0.1, 0.15) is 33.1 Å². The van der Waals surface area contributed by atoms with E-state index in [-0.39, 0.29) is 5.75 Å². The van der Waals surface area contributed by atoms with E-state index in [1.165, 1.54) is 0 Å². The molecule has 0 aromatic heterocycles. The minimum absolute atomic E-state index is 0.142. The number of sulfonamides is 1. The number of ether oxygens (including phenoxy) is 1. The Kier molecular flexibility index (Phi) is 10.8. The molecular formula is C11H26N2O3S. The van der Waals surface area contributed by atoms with E-state index in [0.717, 1.165) is 32.4 Å². The second kappa shape index (κ2) is 11.0. The van der Waals surface area contributed by atoms with Gasteiger partial charge in [0, 0.05) is 26.3 Å². The van der Waals surface area contributed by atoms with E-state index in [0.29, 0.717) is 19.7 Å². The van der Waals surface area contributed by atoms with E-state index in [9.17, 15) is 8.42 Å². The van der Waals surface area contributed by atoms with E-state index in [1.54, 1.807) is 0 Å². The zero-order valence-corrected chi connectivity index (χ0v) is 11.8. The lowest BCUT2D eigenvalue weighted by molar-refractivity contribution is 0.133. The van der Waals surface area contributed by atoms with Gasteiger partial charge in [-0.3, -0.25) is 0 Å². The molecule has 0 fully saturated rings. The molecule has 104 valence electrons. The molecule has 0 aromatic rings. The Morgan fingerprint density at radius 3 is 2.41 bits per heavy atom. The molecule has 0 heterocycles. The monoisotopic (exact) mass is 266 g/mol. The second-order valence-corrected chi connectivity index (χ2v) is 5.86. The lowest BCUT2D eigenvalue weighted by Gasteiger charge is -2.07. The smallest absolute Gasteiger partial charge is 0.212 e. The van der Waals surface area contributed by atoms with Crippen molar-refractivity contribution in [3.05, 3.63) is 0 Å². The maximum atomic E-state index is 11.5. The highest BCUT2D eigenvalue weighted by atomic mass is 32.2. The van der Waals surface area contributed by atoms with Gasteiger partial charge in [-0.15, -0.1) is 0 Å². The summed E-state index contributed by atoms with van der Waals surface area (Å²) in [6, 6.07) is 0. The first-order chi connectivity index (χ1) is 8.12. The standard InChI is InChI=1S/C11H26N2O3S/c1-3-6-12-8-11-17(14,15)13-7-5-10-16-9-4-2/h12-13H,3-11H2,1-2H3. The van der Waals surface area contributed by atoms with E-state index in [1.807, 2.05) is 6.92 Å². The molecule has 0 unspecified atom stereocenters. The third-order valence-electron chi connectivity index (χ3n) is 2.11. The van der Waals surface area contributed by atoms with Crippen LogP contribution in [0.5, 0.6) is 0 Å². The average molecular weight is 266 g/mol. The van der Waals surface area contributed by atoms with Crippen LogP contribution in [0.3, 0.4) is 0 Å². The fourth-order valence-electron chi connectivity index (χ4n) is 1.23. The molecule has 0 radical (unpaired) electrons. The van der Waals surface area contributed by atoms with Crippen LogP contribution in [0, 0.1) is 0 Å². The molecule has 0 rings (SSSR count). The Labute approximate surface area is 105 Å². The van der Waals surface area contributed by atoms with E-state index >= 15 is 0 Å². The quantitative estimate of drug-likeness (QED) is 0.511. The van der Waals surface area contributed by atoms with Crippen molar-refractivity contribution >= 4 is 10.0 Å². The molecule has 0 atom stereocenters. The van der Waals surface area contributed by atoms with Crippen LogP contribution < -0.4 is 10.0 Å². The molecule has 5 nitrogen and oxygen atoms in total. The summed E-state index contributed by atoms with van der Waals surface area (Å²) < 4.78 is 30.8. The van der Waals surface area contributed by atoms with Crippen molar-refractivity contribution in [2.24, 2.45) is 0 Å². The Morgan fingerprint density at radius 2 is 1.76 bits per heavy atom. The van der Waals surface area contributed by atoms with Crippen molar-refractivity contribution in [1.29, 1.82) is 0 Å². The first kappa shape index (κ1) is 16.8. The van der Waals surface area contributed by atoms with Gasteiger partial charge in [-0.05, 0) is 25.8 Å². The number of hydrogen-bond acceptors (Lipinski definition) is 4. The Bertz CT molecular complexity index is 255. The van der Waals surface area contributed by atoms with Crippen molar-refractivity contribution in [3.8, 4) is 0 Å². The summed E-state index contributed by atoms with van der Waals surface area (Å²) in [5.74, 6) is 0.142. The van der Waals surface area contributed by atoms with E-state index in [2.05, 4.69) is 17.0 Å². The van der Waals surface area contributed by atoms with Crippen molar-refractivity contribution in [1.82, 2.24) is 10.0 Å². The number of nitrogens with one attached hydrogen (secondary N) is 2. The molecular weight excluding hydrogens is 240 g/mol. The first-order valence-electron chi connectivity index (χ1n) is 6.38. The molecule has 0 spiro atoms. The molecule has 0 saturated carbocycles. The predicted octanol–water partition coefficient (Wildman–Crippen LogP) is 0.722. The zero-order chi connectivity index (χ0) is 13.0. The normalized spacial score (nSPS) is 11.9. The van der Waals surface area contributed by atoms with Crippen LogP contribution in [-0.2, 0) is 14.8 Å². The first-order valence-corrected chi connectivity index (χ1v) is 8.03. The summed E-state index contributed by atoms with van der Waals surface area (Å²) >= 11 is 0. The van der Waals surface area contributed by atoms with Gasteiger partial charge in [0.15, 0.2) is 0 Å². The maximum absolute atomic E-state index is 11.5. The van der Waals surface area contributed by atoms with Gasteiger partial charge in [-0.2, -0.15) is 0 Å². The Hall–Kier alpha value is -0.170. The van der Waals surface area contributed by atoms with Crippen LogP contribution in [0.15, 0.2) is 0 Å². The molecule has 0 amide bonds. The SMILES string of the molecule is CCCNCCS(=O)(=O)NCCCOCCC. The van der Waals surface area contributed by atoms with Crippen molar-refractivity contribution in [2.75, 3.05) is 38.6 Å². The fraction of sp³-hybridized carbons (Fsp3) is 1.00. The largest absolute Gasteiger partial charge is 0.381 e. The van der Waals surface area contributed by atoms with Gasteiger partial charge in [0.25, 0.3) is 0 Å². The van der Waals surface area contributed by atoms with Crippen LogP contribution in [0.25, 0.3) is 0 Å². The summed E-state index contributed by atoms with van der Waals surface area (Å²) in [7, 11) is -3.12. The molecule has 0 saturated heterocycles. The maximum Gasteiger partial charge on any atom is 0.212 e. The third kappa shape index (κ3) is 12.1. The fourth-order valence-corrected chi connectivity index (χ4v) is 2.24. The Morgan fingerprint density at radius 1 is 1.00 bits per heavy atom. The summed E-state index contributed by atoms with van der Waals surface area (Å²) in [4.78, 5) is 0. The molecule has 2 N–H and O–H groups in total. The Balaban J connectivity index is 3.44. The summed E-state index contributed by atoms with van der Waals surface area (Å²) in [5.41, 5.74) is 0. The lowest BCUT2D eigenvalue weighted by atomic mass is 10.4. The van der Waals surface area contributed by atoms with Gasteiger partial charge in [0.2, 0.25) is 10.0 Å². The van der Waals surface area contributed by atoms with Crippen LogP contribution in [0.2, 0.25) is 0 Å². The van der Waals surface area contributed by atoms with E-state index in [4.69, 9.17) is 4.74 Å². The van der Waals surface area contributed by atoms with Gasteiger partial charge in [0.05, 0.1) is 5.75 Å². The van der Waals surface area contributed by atoms with Crippen LogP contribution in [-0.4, -0.2) is 47.0 Å². The topological polar surface area (TPSA) is 67.4 Å². The summed E-state index contributed by atoms with van der Waals surface area (Å²) in [5, 5.41) is 3.07. The highest BCUT2D eigenvalue weighted by Gasteiger charge is 2.07. The van der Waals surface area contributed by atoms with Gasteiger partial charge < -0.3 is 10.1 Å². The highest BCUT2D eigenvalue weighted by Crippen LogP contribution is 1.87. The number of rotatable bonds is 12. The molecule has 0 aromatic carbocycles. The lowest BCUT2D eigenvalue weighted by Crippen LogP contribution is -2.33. The molecule has 0 aliphatic carbocycles. The second-order valence-electron chi connectivity index (χ2n) is 3.93.